The molecule has 1 saturated carbocycles. The van der Waals surface area contributed by atoms with E-state index in [1.54, 1.807) is 4.90 Å². The van der Waals surface area contributed by atoms with Crippen molar-refractivity contribution in [2.75, 3.05) is 20.2 Å². The fourth-order valence-corrected chi connectivity index (χ4v) is 2.81. The summed E-state index contributed by atoms with van der Waals surface area (Å²) in [5.74, 6) is -0.299. The zero-order valence-electron chi connectivity index (χ0n) is 12.3. The number of carbonyl (C=O) groups is 3. The predicted molar refractivity (Wildman–Crippen MR) is 69.9 cm³/mol. The van der Waals surface area contributed by atoms with Crippen molar-refractivity contribution < 1.29 is 23.9 Å². The lowest BCUT2D eigenvalue weighted by Gasteiger charge is -2.25. The molecular formula is C14H21NO5. The number of rotatable bonds is 3. The van der Waals surface area contributed by atoms with Crippen LogP contribution < -0.4 is 0 Å². The Bertz CT molecular complexity index is 427. The van der Waals surface area contributed by atoms with Crippen LogP contribution in [0, 0.1) is 17.8 Å². The second-order valence-electron chi connectivity index (χ2n) is 6.46. The van der Waals surface area contributed by atoms with Crippen LogP contribution >= 0.6 is 0 Å². The molecule has 0 aromatic rings. The van der Waals surface area contributed by atoms with Gasteiger partial charge in [-0.1, -0.05) is 0 Å². The van der Waals surface area contributed by atoms with Crippen molar-refractivity contribution in [1.29, 1.82) is 0 Å². The second-order valence-corrected chi connectivity index (χ2v) is 6.46. The number of carbonyl (C=O) groups excluding carboxylic acids is 3. The van der Waals surface area contributed by atoms with Crippen molar-refractivity contribution in [3.05, 3.63) is 0 Å². The van der Waals surface area contributed by atoms with Gasteiger partial charge in [0.25, 0.3) is 0 Å². The van der Waals surface area contributed by atoms with Gasteiger partial charge in [0.2, 0.25) is 0 Å². The number of amides is 1. The van der Waals surface area contributed by atoms with Crippen LogP contribution in [0.25, 0.3) is 0 Å². The maximum atomic E-state index is 11.9. The van der Waals surface area contributed by atoms with Gasteiger partial charge in [0.05, 0.1) is 7.11 Å². The van der Waals surface area contributed by atoms with Gasteiger partial charge in [-0.25, -0.2) is 4.79 Å². The number of Topliss-reactive ketones (excluding diaryl/α,β-unsaturated/α-hetero) is 1. The molecule has 112 valence electrons. The van der Waals surface area contributed by atoms with Crippen molar-refractivity contribution >= 4 is 17.8 Å². The molecule has 6 nitrogen and oxygen atoms in total. The SMILES string of the molecule is COC(=O)CC(=O)C1C2CN(C(=O)OC(C)(C)C)CC21. The van der Waals surface area contributed by atoms with Gasteiger partial charge in [0.1, 0.15) is 17.8 Å². The van der Waals surface area contributed by atoms with Crippen molar-refractivity contribution in [3.63, 3.8) is 0 Å². The number of hydrogen-bond acceptors (Lipinski definition) is 5. The van der Waals surface area contributed by atoms with E-state index in [0.29, 0.717) is 13.1 Å². The Morgan fingerprint density at radius 2 is 1.70 bits per heavy atom. The minimum absolute atomic E-state index is 0.0734. The van der Waals surface area contributed by atoms with Crippen LogP contribution in [0.2, 0.25) is 0 Å². The maximum Gasteiger partial charge on any atom is 0.410 e. The molecule has 6 heteroatoms. The van der Waals surface area contributed by atoms with E-state index in [2.05, 4.69) is 4.74 Å². The Kier molecular flexibility index (Phi) is 3.75. The summed E-state index contributed by atoms with van der Waals surface area (Å²) >= 11 is 0. The zero-order chi connectivity index (χ0) is 15.1. The number of hydrogen-bond donors (Lipinski definition) is 0. The highest BCUT2D eigenvalue weighted by Crippen LogP contribution is 2.52. The fourth-order valence-electron chi connectivity index (χ4n) is 2.81. The Morgan fingerprint density at radius 3 is 2.15 bits per heavy atom. The summed E-state index contributed by atoms with van der Waals surface area (Å²) in [6.45, 7) is 6.55. The number of likely N-dealkylation sites (tertiary alicyclic amines) is 1. The lowest BCUT2D eigenvalue weighted by atomic mass is 10.1. The second kappa shape index (κ2) is 5.07. The van der Waals surface area contributed by atoms with Crippen LogP contribution in [-0.2, 0) is 19.1 Å². The van der Waals surface area contributed by atoms with E-state index in [4.69, 9.17) is 4.74 Å². The van der Waals surface area contributed by atoms with Crippen molar-refractivity contribution in [2.45, 2.75) is 32.8 Å². The molecule has 1 aliphatic heterocycles. The number of ether oxygens (including phenoxy) is 2. The maximum absolute atomic E-state index is 11.9. The highest BCUT2D eigenvalue weighted by molar-refractivity contribution is 5.98. The number of piperidine rings is 1. The lowest BCUT2D eigenvalue weighted by Crippen LogP contribution is -2.37. The molecule has 2 atom stereocenters. The molecule has 1 heterocycles. The monoisotopic (exact) mass is 283 g/mol. The van der Waals surface area contributed by atoms with Crippen LogP contribution in [0.4, 0.5) is 4.79 Å². The lowest BCUT2D eigenvalue weighted by molar-refractivity contribution is -0.143. The summed E-state index contributed by atoms with van der Waals surface area (Å²) < 4.78 is 9.79. The molecule has 1 aliphatic carbocycles. The molecule has 2 fully saturated rings. The summed E-state index contributed by atoms with van der Waals surface area (Å²) in [5.41, 5.74) is -0.510. The third-order valence-corrected chi connectivity index (χ3v) is 3.76. The first-order valence-electron chi connectivity index (χ1n) is 6.80. The van der Waals surface area contributed by atoms with E-state index in [9.17, 15) is 14.4 Å². The third-order valence-electron chi connectivity index (χ3n) is 3.76. The van der Waals surface area contributed by atoms with E-state index in [1.165, 1.54) is 7.11 Å². The molecule has 2 unspecified atom stereocenters. The Balaban J connectivity index is 1.80. The van der Waals surface area contributed by atoms with Gasteiger partial charge in [0, 0.05) is 19.0 Å². The number of ketones is 1. The molecule has 2 rings (SSSR count). The minimum atomic E-state index is -0.510. The molecule has 0 aromatic carbocycles. The first-order chi connectivity index (χ1) is 9.23. The molecule has 1 amide bonds. The third kappa shape index (κ3) is 3.11. The van der Waals surface area contributed by atoms with Gasteiger partial charge in [0.15, 0.2) is 0 Å². The van der Waals surface area contributed by atoms with E-state index in [-0.39, 0.29) is 36.1 Å². The van der Waals surface area contributed by atoms with Gasteiger partial charge in [-0.05, 0) is 32.6 Å². The first-order valence-corrected chi connectivity index (χ1v) is 6.80. The highest BCUT2D eigenvalue weighted by Gasteiger charge is 2.60. The fraction of sp³-hybridized carbons (Fsp3) is 0.786. The molecule has 0 spiro atoms. The average Bonchev–Trinajstić information content (AvgIpc) is 2.82. The summed E-state index contributed by atoms with van der Waals surface area (Å²) in [6.07, 6.45) is -0.496. The van der Waals surface area contributed by atoms with Crippen molar-refractivity contribution in [1.82, 2.24) is 4.90 Å². The molecule has 2 aliphatic rings. The van der Waals surface area contributed by atoms with Gasteiger partial charge in [-0.15, -0.1) is 0 Å². The van der Waals surface area contributed by atoms with Gasteiger partial charge >= 0.3 is 12.1 Å². The molecule has 0 bridgehead atoms. The van der Waals surface area contributed by atoms with Gasteiger partial charge < -0.3 is 14.4 Å². The first kappa shape index (κ1) is 14.8. The molecule has 1 saturated heterocycles. The minimum Gasteiger partial charge on any atom is -0.469 e. The van der Waals surface area contributed by atoms with Crippen LogP contribution in [0.1, 0.15) is 27.2 Å². The smallest absolute Gasteiger partial charge is 0.410 e. The number of nitrogens with zero attached hydrogens (tertiary/aromatic N) is 1. The van der Waals surface area contributed by atoms with Gasteiger partial charge in [-0.2, -0.15) is 0 Å². The normalized spacial score (nSPS) is 27.8. The van der Waals surface area contributed by atoms with E-state index in [0.717, 1.165) is 0 Å². The largest absolute Gasteiger partial charge is 0.469 e. The van der Waals surface area contributed by atoms with E-state index < -0.39 is 11.6 Å². The summed E-state index contributed by atoms with van der Waals surface area (Å²) in [7, 11) is 1.27. The molecular weight excluding hydrogens is 262 g/mol. The molecule has 0 aromatic heterocycles. The van der Waals surface area contributed by atoms with E-state index in [1.807, 2.05) is 20.8 Å². The topological polar surface area (TPSA) is 72.9 Å². The zero-order valence-corrected chi connectivity index (χ0v) is 12.3. The standard InChI is InChI=1S/C14H21NO5/c1-14(2,3)20-13(18)15-6-8-9(7-15)12(8)10(16)5-11(17)19-4/h8-9,12H,5-7H2,1-4H3. The van der Waals surface area contributed by atoms with E-state index >= 15 is 0 Å². The molecule has 0 N–H and O–H groups in total. The Morgan fingerprint density at radius 1 is 1.15 bits per heavy atom. The van der Waals surface area contributed by atoms with Crippen LogP contribution in [0.5, 0.6) is 0 Å². The number of fused-ring (bicyclic) bond motifs is 1. The quantitative estimate of drug-likeness (QED) is 0.575. The van der Waals surface area contributed by atoms with Crippen LogP contribution in [0.3, 0.4) is 0 Å². The van der Waals surface area contributed by atoms with Crippen LogP contribution in [0.15, 0.2) is 0 Å². The summed E-state index contributed by atoms with van der Waals surface area (Å²) in [5, 5.41) is 0. The average molecular weight is 283 g/mol. The van der Waals surface area contributed by atoms with Gasteiger partial charge in [-0.3, -0.25) is 9.59 Å². The van der Waals surface area contributed by atoms with Crippen molar-refractivity contribution in [2.24, 2.45) is 17.8 Å². The van der Waals surface area contributed by atoms with Crippen molar-refractivity contribution in [3.8, 4) is 0 Å². The summed E-state index contributed by atoms with van der Waals surface area (Å²) in [4.78, 5) is 36.4. The highest BCUT2D eigenvalue weighted by atomic mass is 16.6. The summed E-state index contributed by atoms with van der Waals surface area (Å²) in [6, 6.07) is 0. The number of methoxy groups -OCH3 is 1. The molecule has 0 radical (unpaired) electrons. The Labute approximate surface area is 118 Å². The molecule has 20 heavy (non-hydrogen) atoms. The van der Waals surface area contributed by atoms with Crippen LogP contribution in [-0.4, -0.2) is 48.5 Å². The number of esters is 1. The Hall–Kier alpha value is -1.59. The predicted octanol–water partition coefficient (Wildman–Crippen LogP) is 1.23.